The molecule has 0 saturated heterocycles. The summed E-state index contributed by atoms with van der Waals surface area (Å²) >= 11 is 0. The lowest BCUT2D eigenvalue weighted by atomic mass is 10.0. The second-order valence-corrected chi connectivity index (χ2v) is 17.1. The maximum atomic E-state index is 12.4. The van der Waals surface area contributed by atoms with E-state index in [1.165, 1.54) is 167 Å². The molecule has 57 heavy (non-hydrogen) atoms. The number of esters is 1. The minimum absolute atomic E-state index is 0.0120. The number of ether oxygens (including phenoxy) is 1. The minimum Gasteiger partial charge on any atom is -0.466 e. The first kappa shape index (κ1) is 55.3. The molecule has 1 amide bonds. The fourth-order valence-corrected chi connectivity index (χ4v) is 7.57. The zero-order valence-corrected chi connectivity index (χ0v) is 38.1. The smallest absolute Gasteiger partial charge is 0.305 e. The maximum Gasteiger partial charge on any atom is 0.305 e. The molecule has 6 nitrogen and oxygen atoms in total. The molecule has 0 aliphatic carbocycles. The molecule has 2 unspecified atom stereocenters. The van der Waals surface area contributed by atoms with E-state index in [1.807, 2.05) is 6.08 Å². The quantitative estimate of drug-likeness (QED) is 0.0324. The van der Waals surface area contributed by atoms with E-state index in [4.69, 9.17) is 4.74 Å². The molecule has 2 atom stereocenters. The highest BCUT2D eigenvalue weighted by molar-refractivity contribution is 5.76. The number of amides is 1. The van der Waals surface area contributed by atoms with Crippen molar-refractivity contribution < 1.29 is 24.5 Å². The highest BCUT2D eigenvalue weighted by Crippen LogP contribution is 2.15. The van der Waals surface area contributed by atoms with Gasteiger partial charge in [-0.05, 0) is 57.8 Å². The standard InChI is InChI=1S/C51H97NO5/c1-3-5-7-9-11-13-15-16-20-24-27-31-35-39-43-49(54)48(47-53)52-50(55)44-40-36-32-28-25-21-18-17-19-22-26-30-34-38-42-46-57-51(56)45-41-37-33-29-23-14-12-10-8-6-4-2/h19,22,39,43,48-49,53-54H,3-18,20-21,23-38,40-42,44-47H2,1-2H3,(H,52,55)/b22-19-,43-39+. The van der Waals surface area contributed by atoms with Crippen molar-refractivity contribution in [2.45, 2.75) is 276 Å². The first-order valence-electron chi connectivity index (χ1n) is 25.1. The summed E-state index contributed by atoms with van der Waals surface area (Å²) in [6.45, 7) is 4.86. The predicted octanol–water partition coefficient (Wildman–Crippen LogP) is 14.7. The average Bonchev–Trinajstić information content (AvgIpc) is 3.21. The van der Waals surface area contributed by atoms with Gasteiger partial charge >= 0.3 is 5.97 Å². The molecule has 336 valence electrons. The molecule has 0 heterocycles. The van der Waals surface area contributed by atoms with E-state index in [0.29, 0.717) is 19.4 Å². The van der Waals surface area contributed by atoms with Gasteiger partial charge in [0.15, 0.2) is 0 Å². The lowest BCUT2D eigenvalue weighted by molar-refractivity contribution is -0.143. The van der Waals surface area contributed by atoms with Gasteiger partial charge in [0.25, 0.3) is 0 Å². The van der Waals surface area contributed by atoms with Gasteiger partial charge in [-0.15, -0.1) is 0 Å². The average molecular weight is 804 g/mol. The van der Waals surface area contributed by atoms with Gasteiger partial charge in [0.2, 0.25) is 5.91 Å². The van der Waals surface area contributed by atoms with Crippen molar-refractivity contribution in [3.63, 3.8) is 0 Å². The molecule has 0 fully saturated rings. The topological polar surface area (TPSA) is 95.9 Å². The lowest BCUT2D eigenvalue weighted by Crippen LogP contribution is -2.45. The summed E-state index contributed by atoms with van der Waals surface area (Å²) in [5, 5.41) is 23.0. The van der Waals surface area contributed by atoms with Crippen LogP contribution in [-0.4, -0.2) is 47.4 Å². The number of allylic oxidation sites excluding steroid dienone is 3. The lowest BCUT2D eigenvalue weighted by Gasteiger charge is -2.20. The van der Waals surface area contributed by atoms with Crippen LogP contribution in [0, 0.1) is 0 Å². The predicted molar refractivity (Wildman–Crippen MR) is 246 cm³/mol. The Labute approximate surface area is 354 Å². The van der Waals surface area contributed by atoms with Crippen molar-refractivity contribution in [2.75, 3.05) is 13.2 Å². The van der Waals surface area contributed by atoms with Crippen molar-refractivity contribution in [3.05, 3.63) is 24.3 Å². The van der Waals surface area contributed by atoms with Crippen LogP contribution >= 0.6 is 0 Å². The monoisotopic (exact) mass is 804 g/mol. The van der Waals surface area contributed by atoms with Gasteiger partial charge in [-0.2, -0.15) is 0 Å². The Bertz CT molecular complexity index is 889. The van der Waals surface area contributed by atoms with Crippen molar-refractivity contribution in [3.8, 4) is 0 Å². The van der Waals surface area contributed by atoms with Crippen molar-refractivity contribution in [1.29, 1.82) is 0 Å². The van der Waals surface area contributed by atoms with Gasteiger partial charge in [0, 0.05) is 12.8 Å². The summed E-state index contributed by atoms with van der Waals surface area (Å²) in [5.74, 6) is -0.0953. The normalized spacial score (nSPS) is 12.8. The molecular formula is C51H97NO5. The van der Waals surface area contributed by atoms with Gasteiger partial charge in [-0.1, -0.05) is 218 Å². The molecule has 0 aliphatic heterocycles. The number of rotatable bonds is 46. The fraction of sp³-hybridized carbons (Fsp3) is 0.882. The Morgan fingerprint density at radius 2 is 0.825 bits per heavy atom. The van der Waals surface area contributed by atoms with Crippen molar-refractivity contribution in [2.24, 2.45) is 0 Å². The maximum absolute atomic E-state index is 12.4. The third-order valence-corrected chi connectivity index (χ3v) is 11.5. The number of aliphatic hydroxyl groups is 2. The van der Waals surface area contributed by atoms with Gasteiger partial charge < -0.3 is 20.3 Å². The third-order valence-electron chi connectivity index (χ3n) is 11.5. The van der Waals surface area contributed by atoms with Gasteiger partial charge in [0.1, 0.15) is 0 Å². The number of hydrogen-bond donors (Lipinski definition) is 3. The van der Waals surface area contributed by atoms with Crippen LogP contribution in [0.5, 0.6) is 0 Å². The summed E-state index contributed by atoms with van der Waals surface area (Å²) in [7, 11) is 0. The molecule has 3 N–H and O–H groups in total. The molecule has 0 aromatic carbocycles. The van der Waals surface area contributed by atoms with Crippen LogP contribution in [0.4, 0.5) is 0 Å². The van der Waals surface area contributed by atoms with Gasteiger partial charge in [0.05, 0.1) is 25.4 Å². The number of carbonyl (C=O) groups excluding carboxylic acids is 2. The Hall–Kier alpha value is -1.66. The number of carbonyl (C=O) groups is 2. The van der Waals surface area contributed by atoms with Crippen LogP contribution in [0.3, 0.4) is 0 Å². The summed E-state index contributed by atoms with van der Waals surface area (Å²) in [6, 6.07) is -0.638. The Balaban J connectivity index is 3.52. The van der Waals surface area contributed by atoms with E-state index >= 15 is 0 Å². The molecule has 0 rings (SSSR count). The van der Waals surface area contributed by atoms with Crippen LogP contribution in [-0.2, 0) is 14.3 Å². The molecule has 6 heteroatoms. The molecule has 0 aliphatic rings. The minimum atomic E-state index is -0.853. The number of unbranched alkanes of at least 4 members (excludes halogenated alkanes) is 33. The van der Waals surface area contributed by atoms with Crippen LogP contribution < -0.4 is 5.32 Å². The summed E-state index contributed by atoms with van der Waals surface area (Å²) in [5.41, 5.74) is 0. The fourth-order valence-electron chi connectivity index (χ4n) is 7.57. The van der Waals surface area contributed by atoms with E-state index < -0.39 is 12.1 Å². The third kappa shape index (κ3) is 43.7. The number of nitrogens with one attached hydrogen (secondary N) is 1. The summed E-state index contributed by atoms with van der Waals surface area (Å²) in [6.07, 6.45) is 54.6. The molecule has 0 spiro atoms. The number of aliphatic hydroxyl groups excluding tert-OH is 2. The largest absolute Gasteiger partial charge is 0.466 e. The second-order valence-electron chi connectivity index (χ2n) is 17.1. The molecule has 0 aromatic rings. The Morgan fingerprint density at radius 1 is 0.474 bits per heavy atom. The van der Waals surface area contributed by atoms with E-state index in [9.17, 15) is 19.8 Å². The van der Waals surface area contributed by atoms with Crippen LogP contribution in [0.2, 0.25) is 0 Å². The Kier molecular flexibility index (Phi) is 45.7. The van der Waals surface area contributed by atoms with Gasteiger partial charge in [-0.3, -0.25) is 9.59 Å². The molecule has 0 bridgehead atoms. The zero-order valence-electron chi connectivity index (χ0n) is 38.1. The first-order chi connectivity index (χ1) is 28.0. The molecule has 0 saturated carbocycles. The van der Waals surface area contributed by atoms with Crippen molar-refractivity contribution >= 4 is 11.9 Å². The van der Waals surface area contributed by atoms with E-state index in [2.05, 4.69) is 31.3 Å². The highest BCUT2D eigenvalue weighted by atomic mass is 16.5. The molecular weight excluding hydrogens is 707 g/mol. The van der Waals surface area contributed by atoms with Crippen LogP contribution in [0.15, 0.2) is 24.3 Å². The van der Waals surface area contributed by atoms with Crippen LogP contribution in [0.1, 0.15) is 264 Å². The first-order valence-corrected chi connectivity index (χ1v) is 25.1. The zero-order chi connectivity index (χ0) is 41.5. The van der Waals surface area contributed by atoms with E-state index in [-0.39, 0.29) is 18.5 Å². The summed E-state index contributed by atoms with van der Waals surface area (Å²) in [4.78, 5) is 24.4. The Morgan fingerprint density at radius 3 is 1.25 bits per heavy atom. The van der Waals surface area contributed by atoms with E-state index in [1.54, 1.807) is 6.08 Å². The SMILES string of the molecule is CCCCCCCCCCCCCC/C=C/C(O)C(CO)NC(=O)CCCCCCCCC/C=C\CCCCCCOC(=O)CCCCCCCCCCCCC. The van der Waals surface area contributed by atoms with Crippen molar-refractivity contribution in [1.82, 2.24) is 5.32 Å². The summed E-state index contributed by atoms with van der Waals surface area (Å²) < 4.78 is 5.43. The van der Waals surface area contributed by atoms with Gasteiger partial charge in [-0.25, -0.2) is 0 Å². The highest BCUT2D eigenvalue weighted by Gasteiger charge is 2.18. The molecule has 0 radical (unpaired) electrons. The molecule has 0 aromatic heterocycles. The van der Waals surface area contributed by atoms with Crippen LogP contribution in [0.25, 0.3) is 0 Å². The number of hydrogen-bond acceptors (Lipinski definition) is 5. The second kappa shape index (κ2) is 47.0. The van der Waals surface area contributed by atoms with E-state index in [0.717, 1.165) is 70.6 Å².